The van der Waals surface area contributed by atoms with Gasteiger partial charge in [0.15, 0.2) is 0 Å². The Morgan fingerprint density at radius 3 is 2.39 bits per heavy atom. The molecular weight excluding hydrogens is 355 g/mol. The van der Waals surface area contributed by atoms with Gasteiger partial charge in [0.25, 0.3) is 5.91 Å². The lowest BCUT2D eigenvalue weighted by Crippen LogP contribution is -2.44. The molecule has 0 aliphatic carbocycles. The third kappa shape index (κ3) is 3.68. The fourth-order valence-electron chi connectivity index (χ4n) is 4.49. The van der Waals surface area contributed by atoms with Gasteiger partial charge in [0.1, 0.15) is 23.3 Å². The number of carbonyl (C=O) groups excluding carboxylic acids is 2. The van der Waals surface area contributed by atoms with Crippen LogP contribution >= 0.6 is 0 Å². The highest BCUT2D eigenvalue weighted by molar-refractivity contribution is 6.29. The zero-order valence-corrected chi connectivity index (χ0v) is 17.3. The molecular formula is C23H30FN2O2+. The van der Waals surface area contributed by atoms with Crippen molar-refractivity contribution in [2.45, 2.75) is 59.3 Å². The number of anilines is 1. The van der Waals surface area contributed by atoms with Gasteiger partial charge < -0.3 is 5.32 Å². The second-order valence-corrected chi connectivity index (χ2v) is 8.03. The summed E-state index contributed by atoms with van der Waals surface area (Å²) in [4.78, 5) is 26.3. The van der Waals surface area contributed by atoms with Crippen LogP contribution in [0.5, 0.6) is 0 Å². The number of hydrogen-bond donors (Lipinski definition) is 1. The van der Waals surface area contributed by atoms with E-state index < -0.39 is 0 Å². The van der Waals surface area contributed by atoms with Crippen LogP contribution in [0.2, 0.25) is 0 Å². The highest BCUT2D eigenvalue weighted by atomic mass is 19.1. The number of ketones is 1. The van der Waals surface area contributed by atoms with Crippen LogP contribution in [-0.2, 0) is 22.4 Å². The summed E-state index contributed by atoms with van der Waals surface area (Å²) in [6.45, 7) is 6.55. The molecule has 0 spiro atoms. The van der Waals surface area contributed by atoms with Gasteiger partial charge in [-0.3, -0.25) is 14.1 Å². The molecule has 5 heteroatoms. The van der Waals surface area contributed by atoms with Crippen molar-refractivity contribution in [1.29, 1.82) is 0 Å². The highest BCUT2D eigenvalue weighted by Crippen LogP contribution is 2.36. The van der Waals surface area contributed by atoms with Crippen molar-refractivity contribution < 1.29 is 18.5 Å². The Kier molecular flexibility index (Phi) is 5.84. The molecule has 2 aliphatic heterocycles. The van der Waals surface area contributed by atoms with E-state index in [9.17, 15) is 14.0 Å². The predicted molar refractivity (Wildman–Crippen MR) is 109 cm³/mol. The van der Waals surface area contributed by atoms with Crippen molar-refractivity contribution in [3.05, 3.63) is 52.1 Å². The molecule has 1 aromatic carbocycles. The first kappa shape index (κ1) is 20.5. The molecule has 1 fully saturated rings. The number of fused-ring (bicyclic) bond motifs is 1. The predicted octanol–water partition coefficient (Wildman–Crippen LogP) is 4.65. The Morgan fingerprint density at radius 2 is 1.79 bits per heavy atom. The van der Waals surface area contributed by atoms with Crippen molar-refractivity contribution in [2.24, 2.45) is 0 Å². The largest absolute Gasteiger partial charge is 0.321 e. The summed E-state index contributed by atoms with van der Waals surface area (Å²) in [6, 6.07) is 2.93. The molecule has 4 nitrogen and oxygen atoms in total. The van der Waals surface area contributed by atoms with Crippen LogP contribution in [0.4, 0.5) is 10.1 Å². The van der Waals surface area contributed by atoms with Gasteiger partial charge in [-0.05, 0) is 62.3 Å². The van der Waals surface area contributed by atoms with Crippen LogP contribution in [-0.4, -0.2) is 29.8 Å². The molecule has 0 saturated carbocycles. The number of nitrogens with zero attached hydrogens (tertiary/aromatic N) is 1. The smallest absolute Gasteiger partial charge is 0.265 e. The van der Waals surface area contributed by atoms with Gasteiger partial charge in [0, 0.05) is 12.1 Å². The van der Waals surface area contributed by atoms with Gasteiger partial charge in [0.05, 0.1) is 19.2 Å². The van der Waals surface area contributed by atoms with E-state index in [0.29, 0.717) is 28.6 Å². The van der Waals surface area contributed by atoms with E-state index in [4.69, 9.17) is 0 Å². The van der Waals surface area contributed by atoms with Crippen molar-refractivity contribution in [3.8, 4) is 0 Å². The first-order chi connectivity index (χ1) is 13.3. The summed E-state index contributed by atoms with van der Waals surface area (Å²) < 4.78 is 14.5. The molecule has 1 saturated heterocycles. The van der Waals surface area contributed by atoms with Crippen LogP contribution in [0, 0.1) is 5.82 Å². The standard InChI is InChI=1S/C23H29FN2O2/c1-5-16-12-18(24)13-17(6-2)21(16)25-23(28)20-19-10-8-7-9-11-26(19,4)14-15(3)22(20)27/h12-14H,5-11H2,1-4H3/p+1. The monoisotopic (exact) mass is 385 g/mol. The molecule has 1 unspecified atom stereocenters. The maximum absolute atomic E-state index is 13.9. The molecule has 1 amide bonds. The number of nitrogens with one attached hydrogen (secondary N) is 1. The van der Waals surface area contributed by atoms with Gasteiger partial charge in [-0.15, -0.1) is 0 Å². The number of hydrogen-bond acceptors (Lipinski definition) is 2. The molecule has 0 bridgehead atoms. The minimum Gasteiger partial charge on any atom is -0.321 e. The van der Waals surface area contributed by atoms with E-state index in [-0.39, 0.29) is 23.1 Å². The molecule has 3 rings (SSSR count). The second-order valence-electron chi connectivity index (χ2n) is 8.03. The fraction of sp³-hybridized carbons (Fsp3) is 0.478. The van der Waals surface area contributed by atoms with E-state index in [1.54, 1.807) is 6.92 Å². The zero-order chi connectivity index (χ0) is 20.5. The molecule has 1 aromatic rings. The average molecular weight is 386 g/mol. The number of quaternary nitrogens is 1. The number of amides is 1. The van der Waals surface area contributed by atoms with Gasteiger partial charge in [-0.25, -0.2) is 4.39 Å². The highest BCUT2D eigenvalue weighted by Gasteiger charge is 2.41. The number of carbonyl (C=O) groups is 2. The maximum atomic E-state index is 13.9. The SMILES string of the molecule is CCc1cc(F)cc(CC)c1NC(=O)C1=C2CCCCC[N+]2(C)C=C(C)C1=O. The van der Waals surface area contributed by atoms with Crippen molar-refractivity contribution in [3.63, 3.8) is 0 Å². The lowest BCUT2D eigenvalue weighted by molar-refractivity contribution is -0.822. The van der Waals surface area contributed by atoms with Crippen molar-refractivity contribution in [1.82, 2.24) is 0 Å². The molecule has 2 heterocycles. The summed E-state index contributed by atoms with van der Waals surface area (Å²) >= 11 is 0. The Balaban J connectivity index is 2.06. The van der Waals surface area contributed by atoms with Gasteiger partial charge >= 0.3 is 0 Å². The first-order valence-electron chi connectivity index (χ1n) is 10.3. The van der Waals surface area contributed by atoms with E-state index in [1.165, 1.54) is 12.1 Å². The number of rotatable bonds is 4. The van der Waals surface area contributed by atoms with E-state index in [0.717, 1.165) is 49.1 Å². The van der Waals surface area contributed by atoms with E-state index in [1.807, 2.05) is 20.0 Å². The Hall–Kier alpha value is -2.27. The molecule has 150 valence electrons. The molecule has 2 aliphatic rings. The molecule has 0 radical (unpaired) electrons. The van der Waals surface area contributed by atoms with E-state index in [2.05, 4.69) is 12.4 Å². The lowest BCUT2D eigenvalue weighted by Gasteiger charge is -2.35. The number of allylic oxidation sites excluding steroid dienone is 2. The van der Waals surface area contributed by atoms with Gasteiger partial charge in [-0.1, -0.05) is 13.8 Å². The first-order valence-corrected chi connectivity index (χ1v) is 10.3. The number of aryl methyl sites for hydroxylation is 2. The summed E-state index contributed by atoms with van der Waals surface area (Å²) in [5, 5.41) is 2.98. The number of benzene rings is 1. The Labute approximate surface area is 166 Å². The topological polar surface area (TPSA) is 46.2 Å². The van der Waals surface area contributed by atoms with Gasteiger partial charge in [-0.2, -0.15) is 0 Å². The molecule has 1 N–H and O–H groups in total. The summed E-state index contributed by atoms with van der Waals surface area (Å²) in [5.74, 6) is -0.854. The van der Waals surface area contributed by atoms with Crippen LogP contribution < -0.4 is 5.32 Å². The quantitative estimate of drug-likeness (QED) is 0.606. The Morgan fingerprint density at radius 1 is 1.14 bits per heavy atom. The van der Waals surface area contributed by atoms with E-state index >= 15 is 0 Å². The number of Topliss-reactive ketones (excluding diaryl/α,β-unsaturated/α-hetero) is 1. The third-order valence-electron chi connectivity index (χ3n) is 6.00. The minimum atomic E-state index is -0.366. The maximum Gasteiger partial charge on any atom is 0.265 e. The molecule has 28 heavy (non-hydrogen) atoms. The third-order valence-corrected chi connectivity index (χ3v) is 6.00. The average Bonchev–Trinajstić information content (AvgIpc) is 2.84. The Bertz CT molecular complexity index is 860. The number of halogens is 1. The van der Waals surface area contributed by atoms with Crippen molar-refractivity contribution >= 4 is 17.4 Å². The van der Waals surface area contributed by atoms with Gasteiger partial charge in [0.2, 0.25) is 5.78 Å². The fourth-order valence-corrected chi connectivity index (χ4v) is 4.49. The summed E-state index contributed by atoms with van der Waals surface area (Å²) in [6.07, 6.45) is 7.11. The lowest BCUT2D eigenvalue weighted by atomic mass is 9.94. The van der Waals surface area contributed by atoms with Crippen LogP contribution in [0.15, 0.2) is 35.2 Å². The molecule has 0 aromatic heterocycles. The summed E-state index contributed by atoms with van der Waals surface area (Å²) in [5.41, 5.74) is 3.95. The van der Waals surface area contributed by atoms with Crippen molar-refractivity contribution in [2.75, 3.05) is 18.9 Å². The van der Waals surface area contributed by atoms with Crippen LogP contribution in [0.1, 0.15) is 57.6 Å². The second kappa shape index (κ2) is 8.00. The zero-order valence-electron chi connectivity index (χ0n) is 17.3. The normalized spacial score (nSPS) is 22.5. The van der Waals surface area contributed by atoms with Crippen LogP contribution in [0.3, 0.4) is 0 Å². The van der Waals surface area contributed by atoms with Crippen LogP contribution in [0.25, 0.3) is 0 Å². The minimum absolute atomic E-state index is 0.191. The molecule has 1 atom stereocenters. The summed E-state index contributed by atoms with van der Waals surface area (Å²) in [7, 11) is 2.08.